The van der Waals surface area contributed by atoms with E-state index in [-0.39, 0.29) is 18.3 Å². The Morgan fingerprint density at radius 3 is 2.52 bits per heavy atom. The van der Waals surface area contributed by atoms with E-state index in [1.165, 1.54) is 0 Å². The van der Waals surface area contributed by atoms with Crippen LogP contribution in [0.1, 0.15) is 51.9 Å². The zero-order valence-corrected chi connectivity index (χ0v) is 16.2. The third-order valence-corrected chi connectivity index (χ3v) is 4.79. The second kappa shape index (κ2) is 13.5. The first-order valence-corrected chi connectivity index (χ1v) is 9.85. The van der Waals surface area contributed by atoms with E-state index in [4.69, 9.17) is 5.11 Å². The lowest BCUT2D eigenvalue weighted by Crippen LogP contribution is -2.20. The minimum Gasteiger partial charge on any atom is -0.481 e. The topological polar surface area (TPSA) is 98.0 Å². The molecule has 1 aliphatic carbocycles. The van der Waals surface area contributed by atoms with Crippen molar-refractivity contribution in [3.63, 3.8) is 0 Å². The maximum absolute atomic E-state index is 10.4. The third-order valence-electron chi connectivity index (χ3n) is 4.79. The first-order chi connectivity index (χ1) is 13.0. The fourth-order valence-electron chi connectivity index (χ4n) is 3.29. The molecule has 0 aromatic carbocycles. The average Bonchev–Trinajstić information content (AvgIpc) is 2.88. The molecule has 5 nitrogen and oxygen atoms in total. The van der Waals surface area contributed by atoms with Crippen LogP contribution in [0.25, 0.3) is 0 Å². The molecule has 5 heteroatoms. The molecule has 1 aliphatic rings. The highest BCUT2D eigenvalue weighted by atomic mass is 16.4. The Morgan fingerprint density at radius 2 is 1.81 bits per heavy atom. The van der Waals surface area contributed by atoms with E-state index < -0.39 is 24.3 Å². The molecule has 5 atom stereocenters. The van der Waals surface area contributed by atoms with Gasteiger partial charge in [0.05, 0.1) is 18.3 Å². The number of hydrogen-bond donors (Lipinski definition) is 4. The third kappa shape index (κ3) is 9.70. The van der Waals surface area contributed by atoms with E-state index in [0.29, 0.717) is 32.1 Å². The highest BCUT2D eigenvalue weighted by Crippen LogP contribution is 2.36. The molecule has 1 saturated carbocycles. The first kappa shape index (κ1) is 23.3. The van der Waals surface area contributed by atoms with Gasteiger partial charge in [-0.3, -0.25) is 4.79 Å². The number of carboxylic acids is 1. The zero-order chi connectivity index (χ0) is 20.1. The van der Waals surface area contributed by atoms with E-state index in [1.54, 1.807) is 6.08 Å². The number of allylic oxidation sites excluding steroid dienone is 5. The molecule has 0 aliphatic heterocycles. The average molecular weight is 379 g/mol. The molecule has 0 spiro atoms. The molecule has 0 heterocycles. The van der Waals surface area contributed by atoms with Gasteiger partial charge in [-0.1, -0.05) is 55.5 Å². The van der Waals surface area contributed by atoms with Crippen LogP contribution in [0.5, 0.6) is 0 Å². The normalized spacial score (nSPS) is 27.6. The van der Waals surface area contributed by atoms with Gasteiger partial charge in [0.15, 0.2) is 0 Å². The number of aliphatic hydroxyl groups excluding tert-OH is 3. The molecule has 0 radical (unpaired) electrons. The highest BCUT2D eigenvalue weighted by Gasteiger charge is 2.39. The van der Waals surface area contributed by atoms with E-state index in [1.807, 2.05) is 49.5 Å². The van der Waals surface area contributed by atoms with Gasteiger partial charge in [0.1, 0.15) is 0 Å². The van der Waals surface area contributed by atoms with Crippen molar-refractivity contribution >= 4 is 5.97 Å². The fourth-order valence-corrected chi connectivity index (χ4v) is 3.29. The standard InChI is InChI=1S/C22H34O5/c1-2-3-8-11-17(23)14-15-19-18(20(24)16-21(19)25)12-9-6-4-5-7-10-13-22(26)27/h3,5-9,14-15,17-21,23-25H,2,4,10-13,16H2,1H3,(H,26,27)/b7-5-,8-3-,9-6-,15-14+/t17-,18+,19+,20-,21+/m0/s1. The van der Waals surface area contributed by atoms with Gasteiger partial charge in [0, 0.05) is 18.8 Å². The quantitative estimate of drug-likeness (QED) is 0.390. The lowest BCUT2D eigenvalue weighted by atomic mass is 9.89. The second-order valence-corrected chi connectivity index (χ2v) is 7.03. The van der Waals surface area contributed by atoms with Gasteiger partial charge in [-0.05, 0) is 38.0 Å². The predicted molar refractivity (Wildman–Crippen MR) is 107 cm³/mol. The number of aliphatic carboxylic acids is 1. The molecule has 0 aromatic rings. The number of rotatable bonds is 12. The molecular formula is C22H34O5. The maximum atomic E-state index is 10.4. The Morgan fingerprint density at radius 1 is 1.07 bits per heavy atom. The largest absolute Gasteiger partial charge is 0.481 e. The minimum absolute atomic E-state index is 0.0677. The van der Waals surface area contributed by atoms with Gasteiger partial charge < -0.3 is 20.4 Å². The number of aliphatic hydroxyl groups is 3. The molecule has 0 unspecified atom stereocenters. The van der Waals surface area contributed by atoms with Crippen molar-refractivity contribution in [2.45, 2.75) is 70.2 Å². The molecule has 0 saturated heterocycles. The van der Waals surface area contributed by atoms with Gasteiger partial charge in [-0.2, -0.15) is 0 Å². The lowest BCUT2D eigenvalue weighted by molar-refractivity contribution is -0.136. The van der Waals surface area contributed by atoms with Crippen molar-refractivity contribution in [3.8, 4) is 0 Å². The molecule has 0 amide bonds. The highest BCUT2D eigenvalue weighted by molar-refractivity contribution is 5.66. The van der Waals surface area contributed by atoms with Crippen LogP contribution in [0.15, 0.2) is 48.6 Å². The minimum atomic E-state index is -0.797. The molecule has 0 aromatic heterocycles. The Labute approximate surface area is 162 Å². The van der Waals surface area contributed by atoms with Gasteiger partial charge >= 0.3 is 5.97 Å². The van der Waals surface area contributed by atoms with E-state index >= 15 is 0 Å². The molecule has 152 valence electrons. The van der Waals surface area contributed by atoms with Crippen LogP contribution >= 0.6 is 0 Å². The molecule has 0 bridgehead atoms. The van der Waals surface area contributed by atoms with E-state index in [2.05, 4.69) is 0 Å². The summed E-state index contributed by atoms with van der Waals surface area (Å²) in [5, 5.41) is 39.0. The van der Waals surface area contributed by atoms with Crippen molar-refractivity contribution in [2.24, 2.45) is 11.8 Å². The van der Waals surface area contributed by atoms with Crippen LogP contribution in [0.4, 0.5) is 0 Å². The van der Waals surface area contributed by atoms with Crippen molar-refractivity contribution in [3.05, 3.63) is 48.6 Å². The Balaban J connectivity index is 2.47. The Hall–Kier alpha value is -1.69. The van der Waals surface area contributed by atoms with Crippen LogP contribution in [-0.4, -0.2) is 44.7 Å². The summed E-state index contributed by atoms with van der Waals surface area (Å²) in [6.45, 7) is 2.04. The van der Waals surface area contributed by atoms with Crippen LogP contribution in [0, 0.1) is 11.8 Å². The van der Waals surface area contributed by atoms with Gasteiger partial charge in [0.2, 0.25) is 0 Å². The fraction of sp³-hybridized carbons (Fsp3) is 0.591. The summed E-state index contributed by atoms with van der Waals surface area (Å²) < 4.78 is 0. The summed E-state index contributed by atoms with van der Waals surface area (Å²) in [5.74, 6) is -1.03. The van der Waals surface area contributed by atoms with Gasteiger partial charge in [0.25, 0.3) is 0 Å². The van der Waals surface area contributed by atoms with Crippen LogP contribution in [0.2, 0.25) is 0 Å². The van der Waals surface area contributed by atoms with E-state index in [9.17, 15) is 20.1 Å². The van der Waals surface area contributed by atoms with Crippen molar-refractivity contribution in [1.82, 2.24) is 0 Å². The molecule has 1 rings (SSSR count). The SMILES string of the molecule is CC/C=C\C[C@H](O)/C=C/[C@@H]1[C@@H](C/C=C\C/C=C\CCC(=O)O)[C@@H](O)C[C@H]1O. The summed E-state index contributed by atoms with van der Waals surface area (Å²) in [6, 6.07) is 0. The monoisotopic (exact) mass is 378 g/mol. The Bertz CT molecular complexity index is 535. The van der Waals surface area contributed by atoms with E-state index in [0.717, 1.165) is 6.42 Å². The van der Waals surface area contributed by atoms with Gasteiger partial charge in [-0.25, -0.2) is 0 Å². The molecule has 4 N–H and O–H groups in total. The van der Waals surface area contributed by atoms with Crippen molar-refractivity contribution in [1.29, 1.82) is 0 Å². The van der Waals surface area contributed by atoms with Crippen molar-refractivity contribution in [2.75, 3.05) is 0 Å². The number of carboxylic acid groups (broad SMARTS) is 1. The molecule has 1 fully saturated rings. The molecular weight excluding hydrogens is 344 g/mol. The summed E-state index contributed by atoms with van der Waals surface area (Å²) in [6.07, 6.45) is 17.4. The number of hydrogen-bond acceptors (Lipinski definition) is 4. The van der Waals surface area contributed by atoms with Crippen LogP contribution in [0.3, 0.4) is 0 Å². The number of carbonyl (C=O) groups is 1. The second-order valence-electron chi connectivity index (χ2n) is 7.03. The summed E-state index contributed by atoms with van der Waals surface area (Å²) >= 11 is 0. The Kier molecular flexibility index (Phi) is 11.7. The summed E-state index contributed by atoms with van der Waals surface area (Å²) in [5.41, 5.74) is 0. The maximum Gasteiger partial charge on any atom is 0.303 e. The smallest absolute Gasteiger partial charge is 0.303 e. The molecule has 27 heavy (non-hydrogen) atoms. The van der Waals surface area contributed by atoms with Gasteiger partial charge in [-0.15, -0.1) is 0 Å². The summed E-state index contributed by atoms with van der Waals surface area (Å²) in [7, 11) is 0. The lowest BCUT2D eigenvalue weighted by Gasteiger charge is -2.19. The first-order valence-electron chi connectivity index (χ1n) is 9.85. The van der Waals surface area contributed by atoms with Crippen molar-refractivity contribution < 1.29 is 25.2 Å². The predicted octanol–water partition coefficient (Wildman–Crippen LogP) is 3.38. The summed E-state index contributed by atoms with van der Waals surface area (Å²) in [4.78, 5) is 10.4. The van der Waals surface area contributed by atoms with Crippen LogP contribution in [-0.2, 0) is 4.79 Å². The zero-order valence-electron chi connectivity index (χ0n) is 16.2. The van der Waals surface area contributed by atoms with Crippen LogP contribution < -0.4 is 0 Å².